The zero-order valence-corrected chi connectivity index (χ0v) is 12.5. The first-order chi connectivity index (χ1) is 9.76. The number of nitrogens with two attached hydrogens (primary N) is 1. The van der Waals surface area contributed by atoms with Crippen LogP contribution in [0.1, 0.15) is 25.8 Å². The molecule has 0 radical (unpaired) electrons. The molecule has 0 bridgehead atoms. The lowest BCUT2D eigenvalue weighted by molar-refractivity contribution is 0.856. The third-order valence-corrected chi connectivity index (χ3v) is 2.92. The second-order valence-electron chi connectivity index (χ2n) is 4.79. The minimum absolute atomic E-state index is 0.0144. The SMILES string of the molecule is C\C=C/C=C\C=C\C(N)CNc1ccc(CCC)cc1. The molecule has 0 fully saturated rings. The number of rotatable bonds is 8. The summed E-state index contributed by atoms with van der Waals surface area (Å²) in [5.41, 5.74) is 8.52. The Morgan fingerprint density at radius 2 is 1.80 bits per heavy atom. The van der Waals surface area contributed by atoms with Crippen LogP contribution in [0.2, 0.25) is 0 Å². The fraction of sp³-hybridized carbons (Fsp3) is 0.333. The van der Waals surface area contributed by atoms with Gasteiger partial charge in [0.25, 0.3) is 0 Å². The van der Waals surface area contributed by atoms with Crippen molar-refractivity contribution in [3.05, 3.63) is 66.3 Å². The van der Waals surface area contributed by atoms with E-state index in [4.69, 9.17) is 5.73 Å². The average molecular weight is 270 g/mol. The number of aryl methyl sites for hydroxylation is 1. The fourth-order valence-corrected chi connectivity index (χ4v) is 1.83. The first kappa shape index (κ1) is 16.3. The highest BCUT2D eigenvalue weighted by molar-refractivity contribution is 5.44. The van der Waals surface area contributed by atoms with Crippen molar-refractivity contribution in [2.45, 2.75) is 32.7 Å². The van der Waals surface area contributed by atoms with Gasteiger partial charge in [0.15, 0.2) is 0 Å². The number of hydrogen-bond acceptors (Lipinski definition) is 2. The van der Waals surface area contributed by atoms with E-state index < -0.39 is 0 Å². The van der Waals surface area contributed by atoms with E-state index in [1.54, 1.807) is 0 Å². The van der Waals surface area contributed by atoms with E-state index in [0.717, 1.165) is 18.7 Å². The van der Waals surface area contributed by atoms with Crippen LogP contribution in [0.15, 0.2) is 60.7 Å². The Morgan fingerprint density at radius 1 is 1.10 bits per heavy atom. The standard InChI is InChI=1S/C18H26N2/c1-3-5-6-7-8-10-17(19)15-20-18-13-11-16(9-4-2)12-14-18/h3,5-8,10-14,17,20H,4,9,15,19H2,1-2H3/b5-3-,7-6-,10-8+. The second-order valence-corrected chi connectivity index (χ2v) is 4.79. The third-order valence-electron chi connectivity index (χ3n) is 2.92. The minimum atomic E-state index is 0.0144. The molecule has 20 heavy (non-hydrogen) atoms. The van der Waals surface area contributed by atoms with Gasteiger partial charge in [-0.3, -0.25) is 0 Å². The molecule has 1 atom stereocenters. The monoisotopic (exact) mass is 270 g/mol. The molecule has 0 saturated heterocycles. The first-order valence-corrected chi connectivity index (χ1v) is 7.30. The zero-order valence-electron chi connectivity index (χ0n) is 12.5. The smallest absolute Gasteiger partial charge is 0.0403 e. The molecule has 2 heteroatoms. The summed E-state index contributed by atoms with van der Waals surface area (Å²) in [5.74, 6) is 0. The maximum atomic E-state index is 6.01. The molecule has 1 rings (SSSR count). The second kappa shape index (κ2) is 10.0. The molecule has 1 unspecified atom stereocenters. The van der Waals surface area contributed by atoms with Crippen LogP contribution in [-0.2, 0) is 6.42 Å². The lowest BCUT2D eigenvalue weighted by Gasteiger charge is -2.10. The summed E-state index contributed by atoms with van der Waals surface area (Å²) in [7, 11) is 0. The van der Waals surface area contributed by atoms with Crippen LogP contribution < -0.4 is 11.1 Å². The summed E-state index contributed by atoms with van der Waals surface area (Å²) in [6.45, 7) is 4.93. The Balaban J connectivity index is 2.34. The number of allylic oxidation sites excluding steroid dienone is 5. The van der Waals surface area contributed by atoms with Gasteiger partial charge in [0.1, 0.15) is 0 Å². The molecule has 3 N–H and O–H groups in total. The summed E-state index contributed by atoms with van der Waals surface area (Å²) in [4.78, 5) is 0. The van der Waals surface area contributed by atoms with Crippen molar-refractivity contribution in [3.63, 3.8) is 0 Å². The van der Waals surface area contributed by atoms with Crippen LogP contribution in [0.5, 0.6) is 0 Å². The number of hydrogen-bond donors (Lipinski definition) is 2. The summed E-state index contributed by atoms with van der Waals surface area (Å²) >= 11 is 0. The highest BCUT2D eigenvalue weighted by Gasteiger charge is 1.97. The maximum Gasteiger partial charge on any atom is 0.0403 e. The van der Waals surface area contributed by atoms with Gasteiger partial charge < -0.3 is 11.1 Å². The topological polar surface area (TPSA) is 38.0 Å². The lowest BCUT2D eigenvalue weighted by Crippen LogP contribution is -2.26. The number of benzene rings is 1. The van der Waals surface area contributed by atoms with E-state index in [1.807, 2.05) is 43.4 Å². The Labute approximate surface area is 123 Å². The molecule has 0 aliphatic carbocycles. The summed E-state index contributed by atoms with van der Waals surface area (Å²) in [5, 5.41) is 3.35. The molecular weight excluding hydrogens is 244 g/mol. The Bertz CT molecular complexity index is 441. The molecule has 0 amide bonds. The van der Waals surface area contributed by atoms with Gasteiger partial charge in [-0.1, -0.05) is 61.9 Å². The van der Waals surface area contributed by atoms with Crippen LogP contribution >= 0.6 is 0 Å². The van der Waals surface area contributed by atoms with Gasteiger partial charge in [-0.2, -0.15) is 0 Å². The van der Waals surface area contributed by atoms with E-state index in [1.165, 1.54) is 12.0 Å². The third kappa shape index (κ3) is 6.95. The van der Waals surface area contributed by atoms with Gasteiger partial charge in [0.2, 0.25) is 0 Å². The molecular formula is C18H26N2. The van der Waals surface area contributed by atoms with Crippen molar-refractivity contribution < 1.29 is 0 Å². The van der Waals surface area contributed by atoms with E-state index in [-0.39, 0.29) is 6.04 Å². The number of nitrogens with one attached hydrogen (secondary N) is 1. The predicted octanol–water partition coefficient (Wildman–Crippen LogP) is 4.07. The zero-order chi connectivity index (χ0) is 14.6. The van der Waals surface area contributed by atoms with Crippen molar-refractivity contribution in [2.75, 3.05) is 11.9 Å². The lowest BCUT2D eigenvalue weighted by atomic mass is 10.1. The quantitative estimate of drug-likeness (QED) is 0.699. The molecule has 2 nitrogen and oxygen atoms in total. The molecule has 0 aromatic heterocycles. The normalized spacial score (nSPS) is 13.6. The first-order valence-electron chi connectivity index (χ1n) is 7.30. The molecule has 1 aromatic carbocycles. The van der Waals surface area contributed by atoms with Crippen molar-refractivity contribution in [1.82, 2.24) is 0 Å². The van der Waals surface area contributed by atoms with Crippen LogP contribution in [0.4, 0.5) is 5.69 Å². The van der Waals surface area contributed by atoms with Crippen LogP contribution in [0.25, 0.3) is 0 Å². The Morgan fingerprint density at radius 3 is 2.45 bits per heavy atom. The van der Waals surface area contributed by atoms with Gasteiger partial charge in [0, 0.05) is 18.3 Å². The van der Waals surface area contributed by atoms with Crippen LogP contribution in [0.3, 0.4) is 0 Å². The molecule has 0 saturated carbocycles. The fourth-order valence-electron chi connectivity index (χ4n) is 1.83. The van der Waals surface area contributed by atoms with Gasteiger partial charge in [-0.05, 0) is 31.0 Å². The molecule has 0 spiro atoms. The van der Waals surface area contributed by atoms with Crippen LogP contribution in [-0.4, -0.2) is 12.6 Å². The van der Waals surface area contributed by atoms with Crippen molar-refractivity contribution >= 4 is 5.69 Å². The highest BCUT2D eigenvalue weighted by atomic mass is 14.9. The number of anilines is 1. The van der Waals surface area contributed by atoms with Gasteiger partial charge >= 0.3 is 0 Å². The van der Waals surface area contributed by atoms with E-state index in [9.17, 15) is 0 Å². The predicted molar refractivity (Wildman–Crippen MR) is 90.0 cm³/mol. The summed E-state index contributed by atoms with van der Waals surface area (Å²) < 4.78 is 0. The minimum Gasteiger partial charge on any atom is -0.383 e. The van der Waals surface area contributed by atoms with Crippen molar-refractivity contribution in [2.24, 2.45) is 5.73 Å². The molecule has 0 aliphatic rings. The molecule has 108 valence electrons. The molecule has 1 aromatic rings. The molecule has 0 aliphatic heterocycles. The maximum absolute atomic E-state index is 6.01. The Kier molecular flexibility index (Phi) is 8.16. The summed E-state index contributed by atoms with van der Waals surface area (Å²) in [6.07, 6.45) is 14.3. The van der Waals surface area contributed by atoms with E-state index in [0.29, 0.717) is 0 Å². The van der Waals surface area contributed by atoms with E-state index in [2.05, 4.69) is 36.5 Å². The summed E-state index contributed by atoms with van der Waals surface area (Å²) in [6, 6.07) is 8.60. The average Bonchev–Trinajstić information content (AvgIpc) is 2.47. The van der Waals surface area contributed by atoms with Gasteiger partial charge in [0.05, 0.1) is 0 Å². The highest BCUT2D eigenvalue weighted by Crippen LogP contribution is 2.10. The van der Waals surface area contributed by atoms with E-state index >= 15 is 0 Å². The van der Waals surface area contributed by atoms with Crippen LogP contribution in [0, 0.1) is 0 Å². The van der Waals surface area contributed by atoms with Gasteiger partial charge in [-0.15, -0.1) is 0 Å². The van der Waals surface area contributed by atoms with Gasteiger partial charge in [-0.25, -0.2) is 0 Å². The Hall–Kier alpha value is -1.80. The molecule has 0 heterocycles. The largest absolute Gasteiger partial charge is 0.383 e. The van der Waals surface area contributed by atoms with Crippen molar-refractivity contribution in [3.8, 4) is 0 Å². The van der Waals surface area contributed by atoms with Crippen molar-refractivity contribution in [1.29, 1.82) is 0 Å².